The first kappa shape index (κ1) is 27.4. The van der Waals surface area contributed by atoms with Gasteiger partial charge in [-0.05, 0) is 42.0 Å². The number of halogens is 4. The summed E-state index contributed by atoms with van der Waals surface area (Å²) in [6.45, 7) is 4.53. The summed E-state index contributed by atoms with van der Waals surface area (Å²) in [5.41, 5.74) is 1.59. The number of esters is 1. The molecule has 2 aromatic carbocycles. The lowest BCUT2D eigenvalue weighted by atomic mass is 10.2. The number of carbonyl (C=O) groups is 1. The Morgan fingerprint density at radius 3 is 2.54 bits per heavy atom. The summed E-state index contributed by atoms with van der Waals surface area (Å²) in [5.74, 6) is -2.49. The first-order valence-electron chi connectivity index (χ1n) is 12.5. The molecule has 14 heteroatoms. The van der Waals surface area contributed by atoms with Crippen molar-refractivity contribution in [1.82, 2.24) is 24.0 Å². The number of ether oxygens (including phenoxy) is 2. The number of carbonyl (C=O) groups excluding carboxylic acids is 1. The maximum Gasteiger partial charge on any atom is 0.491 e. The summed E-state index contributed by atoms with van der Waals surface area (Å²) in [7, 11) is 0. The highest BCUT2D eigenvalue weighted by atomic mass is 35.5. The van der Waals surface area contributed by atoms with Crippen molar-refractivity contribution in [3.63, 3.8) is 0 Å². The first-order valence-corrected chi connectivity index (χ1v) is 13.7. The number of fused-ring (bicyclic) bond motifs is 2. The van der Waals surface area contributed by atoms with Gasteiger partial charge in [-0.2, -0.15) is 18.2 Å². The molecule has 0 bridgehead atoms. The number of hydrogen-bond acceptors (Lipinski definition) is 8. The quantitative estimate of drug-likeness (QED) is 0.255. The maximum absolute atomic E-state index is 13.7. The zero-order chi connectivity index (χ0) is 28.7. The largest absolute Gasteiger partial charge is 0.491 e. The molecule has 1 fully saturated rings. The Kier molecular flexibility index (Phi) is 7.28. The highest BCUT2D eigenvalue weighted by Gasteiger charge is 2.42. The molecule has 0 N–H and O–H groups in total. The third kappa shape index (κ3) is 5.58. The third-order valence-corrected chi connectivity index (χ3v) is 8.10. The van der Waals surface area contributed by atoms with Gasteiger partial charge < -0.3 is 14.0 Å². The van der Waals surface area contributed by atoms with Crippen LogP contribution in [0.5, 0.6) is 6.01 Å². The van der Waals surface area contributed by atoms with Gasteiger partial charge in [0.2, 0.25) is 0 Å². The molecule has 6 rings (SSSR count). The van der Waals surface area contributed by atoms with Crippen molar-refractivity contribution in [2.24, 2.45) is 0 Å². The van der Waals surface area contributed by atoms with E-state index in [1.54, 1.807) is 54.9 Å². The average Bonchev–Trinajstić information content (AvgIpc) is 3.56. The van der Waals surface area contributed by atoms with Crippen molar-refractivity contribution < 1.29 is 27.4 Å². The van der Waals surface area contributed by atoms with E-state index < -0.39 is 23.7 Å². The van der Waals surface area contributed by atoms with Gasteiger partial charge in [0.05, 0.1) is 41.8 Å². The Morgan fingerprint density at radius 1 is 1.05 bits per heavy atom. The lowest BCUT2D eigenvalue weighted by Crippen LogP contribution is -2.38. The molecule has 1 aliphatic rings. The molecule has 0 radical (unpaired) electrons. The number of morpholine rings is 1. The van der Waals surface area contributed by atoms with Crippen LogP contribution in [-0.2, 0) is 16.1 Å². The van der Waals surface area contributed by atoms with Gasteiger partial charge in [0.25, 0.3) is 5.56 Å². The number of nitrogens with zero attached hydrogens (tertiary/aromatic N) is 5. The summed E-state index contributed by atoms with van der Waals surface area (Å²) in [5, 5.41) is 0.524. The number of benzene rings is 2. The summed E-state index contributed by atoms with van der Waals surface area (Å²) in [6, 6.07) is 12.4. The minimum Gasteiger partial charge on any atom is -0.385 e. The minimum atomic E-state index is -5.29. The lowest BCUT2D eigenvalue weighted by Gasteiger charge is -2.26. The van der Waals surface area contributed by atoms with E-state index in [2.05, 4.69) is 19.6 Å². The zero-order valence-electron chi connectivity index (χ0n) is 21.2. The smallest absolute Gasteiger partial charge is 0.385 e. The predicted molar refractivity (Wildman–Crippen MR) is 148 cm³/mol. The number of imidazole rings is 1. The van der Waals surface area contributed by atoms with E-state index in [9.17, 15) is 22.8 Å². The van der Waals surface area contributed by atoms with Crippen LogP contribution in [0.4, 0.5) is 13.2 Å². The van der Waals surface area contributed by atoms with Crippen LogP contribution in [0.25, 0.3) is 37.4 Å². The predicted octanol–water partition coefficient (Wildman–Crippen LogP) is 4.92. The first-order chi connectivity index (χ1) is 19.7. The lowest BCUT2D eigenvalue weighted by molar-refractivity contribution is -0.190. The maximum atomic E-state index is 13.7. The van der Waals surface area contributed by atoms with Crippen molar-refractivity contribution in [3.8, 4) is 22.1 Å². The van der Waals surface area contributed by atoms with Crippen molar-refractivity contribution >= 4 is 50.2 Å². The number of hydrogen-bond donors (Lipinski definition) is 0. The van der Waals surface area contributed by atoms with Crippen molar-refractivity contribution in [2.75, 3.05) is 32.8 Å². The van der Waals surface area contributed by atoms with Crippen LogP contribution in [0.1, 0.15) is 0 Å². The second-order valence-corrected chi connectivity index (χ2v) is 10.8. The van der Waals surface area contributed by atoms with Gasteiger partial charge in [-0.3, -0.25) is 9.69 Å². The van der Waals surface area contributed by atoms with Crippen molar-refractivity contribution in [1.29, 1.82) is 0 Å². The molecule has 3 aromatic heterocycles. The summed E-state index contributed by atoms with van der Waals surface area (Å²) >= 11 is 7.10. The fraction of sp³-hybridized carbons (Fsp3) is 0.259. The molecule has 41 heavy (non-hydrogen) atoms. The zero-order valence-corrected chi connectivity index (χ0v) is 22.8. The van der Waals surface area contributed by atoms with E-state index >= 15 is 0 Å². The van der Waals surface area contributed by atoms with Gasteiger partial charge >= 0.3 is 18.2 Å². The molecule has 0 aliphatic carbocycles. The third-order valence-electron chi connectivity index (χ3n) is 6.69. The monoisotopic (exact) mass is 603 g/mol. The van der Waals surface area contributed by atoms with Gasteiger partial charge in [-0.1, -0.05) is 23.7 Å². The van der Waals surface area contributed by atoms with Crippen LogP contribution in [0.3, 0.4) is 0 Å². The molecule has 0 saturated carbocycles. The van der Waals surface area contributed by atoms with Crippen LogP contribution in [0.15, 0.2) is 59.7 Å². The van der Waals surface area contributed by atoms with E-state index in [4.69, 9.17) is 16.3 Å². The fourth-order valence-electron chi connectivity index (χ4n) is 4.60. The topological polar surface area (TPSA) is 91.5 Å². The molecule has 4 heterocycles. The highest BCUT2D eigenvalue weighted by molar-refractivity contribution is 7.22. The Bertz CT molecular complexity index is 1810. The summed E-state index contributed by atoms with van der Waals surface area (Å²) < 4.78 is 52.4. The molecule has 0 unspecified atom stereocenters. The van der Waals surface area contributed by atoms with Crippen LogP contribution in [0, 0.1) is 0 Å². The normalized spacial score (nSPS) is 14.6. The van der Waals surface area contributed by atoms with E-state index in [0.29, 0.717) is 35.2 Å². The SMILES string of the molecule is O=C(Oc1nc2cc(-c3ccc(Cl)cc3)sc2c(=O)n1-c1ccc2c(c1)ncn2CCN1CCOCC1)C(F)(F)F. The van der Waals surface area contributed by atoms with Crippen LogP contribution in [-0.4, -0.2) is 69.0 Å². The number of aromatic nitrogens is 4. The standard InChI is InChI=1S/C27H21ClF3N5O4S/c28-17-3-1-16(2-4-17)22-14-20-23(41-22)24(37)36(26(33-20)40-25(38)27(29,30)31)18-5-6-21-19(13-18)32-15-35(21)8-7-34-9-11-39-12-10-34/h1-6,13-15H,7-12H2. The molecule has 1 saturated heterocycles. The molecule has 1 aliphatic heterocycles. The van der Waals surface area contributed by atoms with Gasteiger partial charge in [0.1, 0.15) is 4.70 Å². The molecule has 0 atom stereocenters. The van der Waals surface area contributed by atoms with E-state index in [-0.39, 0.29) is 15.9 Å². The average molecular weight is 604 g/mol. The Hall–Kier alpha value is -3.78. The van der Waals surface area contributed by atoms with E-state index in [0.717, 1.165) is 46.6 Å². The fourth-order valence-corrected chi connectivity index (χ4v) is 5.75. The van der Waals surface area contributed by atoms with E-state index in [1.165, 1.54) is 0 Å². The molecule has 0 amide bonds. The second-order valence-electron chi connectivity index (χ2n) is 9.32. The number of rotatable bonds is 6. The Labute approximate surface area is 239 Å². The van der Waals surface area contributed by atoms with Crippen molar-refractivity contribution in [2.45, 2.75) is 12.7 Å². The van der Waals surface area contributed by atoms with E-state index in [1.807, 2.05) is 4.57 Å². The summed E-state index contributed by atoms with van der Waals surface area (Å²) in [6.07, 6.45) is -3.62. The van der Waals surface area contributed by atoms with Crippen LogP contribution in [0.2, 0.25) is 5.02 Å². The molecular formula is C27H21ClF3N5O4S. The van der Waals surface area contributed by atoms with Crippen LogP contribution >= 0.6 is 22.9 Å². The molecule has 0 spiro atoms. The minimum absolute atomic E-state index is 0.0969. The second kappa shape index (κ2) is 10.9. The number of alkyl halides is 3. The van der Waals surface area contributed by atoms with Gasteiger partial charge in [-0.15, -0.1) is 11.3 Å². The van der Waals surface area contributed by atoms with Crippen molar-refractivity contribution in [3.05, 3.63) is 70.2 Å². The highest BCUT2D eigenvalue weighted by Crippen LogP contribution is 2.33. The van der Waals surface area contributed by atoms with Gasteiger partial charge in [-0.25, -0.2) is 14.3 Å². The molecular weight excluding hydrogens is 583 g/mol. The Morgan fingerprint density at radius 2 is 1.80 bits per heavy atom. The molecule has 9 nitrogen and oxygen atoms in total. The van der Waals surface area contributed by atoms with Crippen LogP contribution < -0.4 is 10.3 Å². The molecule has 212 valence electrons. The van der Waals surface area contributed by atoms with Gasteiger partial charge in [0, 0.05) is 36.1 Å². The summed E-state index contributed by atoms with van der Waals surface area (Å²) in [4.78, 5) is 37.0. The van der Waals surface area contributed by atoms with Gasteiger partial charge in [0.15, 0.2) is 0 Å². The Balaban J connectivity index is 1.41. The molecule has 5 aromatic rings. The number of thiophene rings is 1.